The topological polar surface area (TPSA) is 66.8 Å². The summed E-state index contributed by atoms with van der Waals surface area (Å²) in [6, 6.07) is 6.49. The van der Waals surface area contributed by atoms with Crippen LogP contribution in [0.1, 0.15) is 22.3 Å². The van der Waals surface area contributed by atoms with Crippen molar-refractivity contribution in [2.45, 2.75) is 13.0 Å². The molecule has 0 saturated heterocycles. The van der Waals surface area contributed by atoms with Crippen molar-refractivity contribution in [1.29, 1.82) is 0 Å². The van der Waals surface area contributed by atoms with Gasteiger partial charge in [-0.05, 0) is 17.7 Å². The maximum absolute atomic E-state index is 11.6. The summed E-state index contributed by atoms with van der Waals surface area (Å²) in [6.07, 6.45) is 0.347. The number of benzene rings is 1. The lowest BCUT2D eigenvalue weighted by Crippen LogP contribution is -2.26. The van der Waals surface area contributed by atoms with Crippen LogP contribution in [0.2, 0.25) is 0 Å². The Morgan fingerprint density at radius 1 is 1.28 bits per heavy atom. The van der Waals surface area contributed by atoms with Crippen molar-refractivity contribution in [3.05, 3.63) is 35.4 Å². The number of hydrogen-bond donors (Lipinski definition) is 1. The highest BCUT2D eigenvalue weighted by molar-refractivity contribution is 5.87. The van der Waals surface area contributed by atoms with Crippen LogP contribution in [-0.2, 0) is 16.1 Å². The molecule has 0 aliphatic carbocycles. The molecule has 1 aromatic rings. The molecule has 1 aromatic carbocycles. The van der Waals surface area contributed by atoms with Gasteiger partial charge < -0.3 is 14.7 Å². The molecule has 1 N–H and O–H groups in total. The van der Waals surface area contributed by atoms with E-state index in [4.69, 9.17) is 9.84 Å². The summed E-state index contributed by atoms with van der Waals surface area (Å²) in [5.74, 6) is -0.953. The highest BCUT2D eigenvalue weighted by atomic mass is 16.5. The minimum Gasteiger partial charge on any atom is -0.478 e. The average Bonchev–Trinajstić information content (AvgIpc) is 2.36. The Bertz CT molecular complexity index is 414. The minimum absolute atomic E-state index is 0.000777. The van der Waals surface area contributed by atoms with Crippen molar-refractivity contribution >= 4 is 11.9 Å². The van der Waals surface area contributed by atoms with Gasteiger partial charge in [0.15, 0.2) is 0 Å². The Labute approximate surface area is 106 Å². The lowest BCUT2D eigenvalue weighted by molar-refractivity contribution is -0.131. The van der Waals surface area contributed by atoms with E-state index < -0.39 is 5.97 Å². The van der Waals surface area contributed by atoms with Crippen LogP contribution in [0.25, 0.3) is 0 Å². The van der Waals surface area contributed by atoms with Crippen molar-refractivity contribution < 1.29 is 19.4 Å². The molecule has 1 rings (SSSR count). The van der Waals surface area contributed by atoms with Gasteiger partial charge in [-0.3, -0.25) is 4.79 Å². The van der Waals surface area contributed by atoms with Gasteiger partial charge >= 0.3 is 5.97 Å². The van der Waals surface area contributed by atoms with Gasteiger partial charge in [-0.1, -0.05) is 12.1 Å². The zero-order valence-electron chi connectivity index (χ0n) is 10.5. The fourth-order valence-corrected chi connectivity index (χ4v) is 1.50. The van der Waals surface area contributed by atoms with E-state index in [0.29, 0.717) is 19.6 Å². The van der Waals surface area contributed by atoms with Crippen LogP contribution >= 0.6 is 0 Å². The third kappa shape index (κ3) is 4.18. The van der Waals surface area contributed by atoms with Crippen LogP contribution in [0, 0.1) is 0 Å². The number of nitrogens with zero attached hydrogens (tertiary/aromatic N) is 1. The second-order valence-corrected chi connectivity index (χ2v) is 3.99. The molecule has 0 heterocycles. The predicted molar refractivity (Wildman–Crippen MR) is 66.4 cm³/mol. The molecule has 98 valence electrons. The second kappa shape index (κ2) is 6.76. The number of hydrogen-bond acceptors (Lipinski definition) is 3. The summed E-state index contributed by atoms with van der Waals surface area (Å²) in [5.41, 5.74) is 1.14. The number of carbonyl (C=O) groups excluding carboxylic acids is 1. The van der Waals surface area contributed by atoms with E-state index in [1.807, 2.05) is 0 Å². The molecule has 5 nitrogen and oxygen atoms in total. The van der Waals surface area contributed by atoms with Gasteiger partial charge in [0.1, 0.15) is 0 Å². The van der Waals surface area contributed by atoms with Crippen molar-refractivity contribution in [2.75, 3.05) is 20.8 Å². The zero-order valence-corrected chi connectivity index (χ0v) is 10.5. The van der Waals surface area contributed by atoms with E-state index in [0.717, 1.165) is 5.56 Å². The number of aromatic carboxylic acids is 1. The number of amides is 1. The summed E-state index contributed by atoms with van der Waals surface area (Å²) < 4.78 is 4.84. The molecule has 0 aromatic heterocycles. The van der Waals surface area contributed by atoms with Gasteiger partial charge in [-0.15, -0.1) is 0 Å². The van der Waals surface area contributed by atoms with E-state index in [9.17, 15) is 9.59 Å². The van der Waals surface area contributed by atoms with Crippen molar-refractivity contribution in [2.24, 2.45) is 0 Å². The summed E-state index contributed by atoms with van der Waals surface area (Å²) in [6.45, 7) is 0.865. The first-order chi connectivity index (χ1) is 8.54. The van der Waals surface area contributed by atoms with Gasteiger partial charge in [0.2, 0.25) is 5.91 Å². The summed E-state index contributed by atoms with van der Waals surface area (Å²) in [5, 5.41) is 8.76. The van der Waals surface area contributed by atoms with Crippen LogP contribution in [0.5, 0.6) is 0 Å². The smallest absolute Gasteiger partial charge is 0.335 e. The van der Waals surface area contributed by atoms with Gasteiger partial charge in [-0.2, -0.15) is 0 Å². The van der Waals surface area contributed by atoms with Crippen LogP contribution in [-0.4, -0.2) is 42.6 Å². The number of rotatable bonds is 6. The van der Waals surface area contributed by atoms with E-state index in [1.165, 1.54) is 12.1 Å². The lowest BCUT2D eigenvalue weighted by atomic mass is 10.1. The molecule has 0 aliphatic heterocycles. The number of carboxylic acids is 1. The third-order valence-electron chi connectivity index (χ3n) is 2.57. The SMILES string of the molecule is COCCC(=O)N(C)Cc1ccc(C(=O)O)cc1. The van der Waals surface area contributed by atoms with E-state index in [2.05, 4.69) is 0 Å². The maximum atomic E-state index is 11.6. The van der Waals surface area contributed by atoms with Gasteiger partial charge in [0.25, 0.3) is 0 Å². The van der Waals surface area contributed by atoms with E-state index >= 15 is 0 Å². The number of carboxylic acid groups (broad SMARTS) is 1. The van der Waals surface area contributed by atoms with Gasteiger partial charge in [0.05, 0.1) is 18.6 Å². The quantitative estimate of drug-likeness (QED) is 0.829. The molecular weight excluding hydrogens is 234 g/mol. The molecule has 0 radical (unpaired) electrons. The summed E-state index contributed by atoms with van der Waals surface area (Å²) >= 11 is 0. The number of methoxy groups -OCH3 is 1. The van der Waals surface area contributed by atoms with Crippen molar-refractivity contribution in [3.63, 3.8) is 0 Å². The Morgan fingerprint density at radius 3 is 2.39 bits per heavy atom. The lowest BCUT2D eigenvalue weighted by Gasteiger charge is -2.17. The molecule has 0 spiro atoms. The van der Waals surface area contributed by atoms with E-state index in [-0.39, 0.29) is 11.5 Å². The first-order valence-corrected chi connectivity index (χ1v) is 5.59. The van der Waals surface area contributed by atoms with Crippen molar-refractivity contribution in [1.82, 2.24) is 4.90 Å². The first-order valence-electron chi connectivity index (χ1n) is 5.59. The van der Waals surface area contributed by atoms with Crippen LogP contribution in [0.4, 0.5) is 0 Å². The standard InChI is InChI=1S/C13H17NO4/c1-14(12(15)7-8-18-2)9-10-3-5-11(6-4-10)13(16)17/h3-6H,7-9H2,1-2H3,(H,16,17). The third-order valence-corrected chi connectivity index (χ3v) is 2.57. The zero-order chi connectivity index (χ0) is 13.5. The Kier molecular flexibility index (Phi) is 5.32. The summed E-state index contributed by atoms with van der Waals surface area (Å²) in [7, 11) is 3.26. The second-order valence-electron chi connectivity index (χ2n) is 3.99. The summed E-state index contributed by atoms with van der Waals surface area (Å²) in [4.78, 5) is 23.9. The molecule has 1 amide bonds. The molecular formula is C13H17NO4. The predicted octanol–water partition coefficient (Wildman–Crippen LogP) is 1.38. The highest BCUT2D eigenvalue weighted by Crippen LogP contribution is 2.07. The molecule has 0 fully saturated rings. The largest absolute Gasteiger partial charge is 0.478 e. The molecule has 0 bridgehead atoms. The monoisotopic (exact) mass is 251 g/mol. The minimum atomic E-state index is -0.953. The van der Waals surface area contributed by atoms with Crippen molar-refractivity contribution in [3.8, 4) is 0 Å². The Morgan fingerprint density at radius 2 is 1.89 bits per heavy atom. The average molecular weight is 251 g/mol. The Balaban J connectivity index is 2.56. The normalized spacial score (nSPS) is 10.1. The number of carbonyl (C=O) groups is 2. The molecule has 0 aliphatic rings. The highest BCUT2D eigenvalue weighted by Gasteiger charge is 2.09. The fourth-order valence-electron chi connectivity index (χ4n) is 1.50. The Hall–Kier alpha value is -1.88. The van der Waals surface area contributed by atoms with E-state index in [1.54, 1.807) is 31.2 Å². The first kappa shape index (κ1) is 14.2. The molecule has 0 unspecified atom stereocenters. The molecule has 18 heavy (non-hydrogen) atoms. The van der Waals surface area contributed by atoms with Crippen LogP contribution in [0.15, 0.2) is 24.3 Å². The number of ether oxygens (including phenoxy) is 1. The van der Waals surface area contributed by atoms with Crippen LogP contribution in [0.3, 0.4) is 0 Å². The fraction of sp³-hybridized carbons (Fsp3) is 0.385. The van der Waals surface area contributed by atoms with Crippen LogP contribution < -0.4 is 0 Å². The van der Waals surface area contributed by atoms with Gasteiger partial charge in [-0.25, -0.2) is 4.79 Å². The molecule has 5 heteroatoms. The molecule has 0 atom stereocenters. The van der Waals surface area contributed by atoms with Gasteiger partial charge in [0, 0.05) is 20.7 Å². The maximum Gasteiger partial charge on any atom is 0.335 e. The molecule has 0 saturated carbocycles.